The molecule has 7 nitrogen and oxygen atoms in total. The molecular weight excluding hydrogens is 390 g/mol. The van der Waals surface area contributed by atoms with Crippen molar-refractivity contribution in [3.8, 4) is 11.5 Å². The molecule has 158 valence electrons. The van der Waals surface area contributed by atoms with E-state index in [0.717, 1.165) is 23.4 Å². The van der Waals surface area contributed by atoms with Gasteiger partial charge in [0.15, 0.2) is 11.5 Å². The van der Waals surface area contributed by atoms with E-state index in [1.807, 2.05) is 49.3 Å². The van der Waals surface area contributed by atoms with E-state index in [2.05, 4.69) is 10.3 Å². The number of amides is 2. The maximum Gasteiger partial charge on any atom is 0.318 e. The number of aliphatic hydroxyl groups excluding tert-OH is 1. The van der Waals surface area contributed by atoms with Crippen LogP contribution in [0.2, 0.25) is 0 Å². The molecule has 0 spiro atoms. The molecule has 0 bridgehead atoms. The van der Waals surface area contributed by atoms with Crippen molar-refractivity contribution in [2.75, 3.05) is 7.11 Å². The van der Waals surface area contributed by atoms with E-state index in [9.17, 15) is 9.90 Å². The molecule has 29 heavy (non-hydrogen) atoms. The van der Waals surface area contributed by atoms with Crippen LogP contribution in [0.3, 0.4) is 0 Å². The average molecular weight is 420 g/mol. The number of thiazole rings is 1. The zero-order valence-electron chi connectivity index (χ0n) is 17.4. The van der Waals surface area contributed by atoms with Crippen molar-refractivity contribution < 1.29 is 19.4 Å². The van der Waals surface area contributed by atoms with Crippen molar-refractivity contribution in [3.05, 3.63) is 39.8 Å². The number of para-hydroxylation sites is 1. The lowest BCUT2D eigenvalue weighted by molar-refractivity contribution is 0.181. The minimum atomic E-state index is -0.298. The van der Waals surface area contributed by atoms with Crippen LogP contribution in [-0.4, -0.2) is 39.7 Å². The molecule has 0 unspecified atom stereocenters. The molecule has 1 heterocycles. The van der Waals surface area contributed by atoms with Gasteiger partial charge < -0.3 is 24.8 Å². The average Bonchev–Trinajstić information content (AvgIpc) is 3.40. The highest BCUT2D eigenvalue weighted by atomic mass is 32.1. The maximum absolute atomic E-state index is 12.8. The molecule has 1 aromatic carbocycles. The van der Waals surface area contributed by atoms with Gasteiger partial charge in [0.1, 0.15) is 11.6 Å². The van der Waals surface area contributed by atoms with Crippen LogP contribution in [0.1, 0.15) is 49.9 Å². The fourth-order valence-corrected chi connectivity index (χ4v) is 3.66. The van der Waals surface area contributed by atoms with Crippen molar-refractivity contribution in [1.82, 2.24) is 15.2 Å². The number of nitrogens with one attached hydrogen (secondary N) is 1. The molecule has 0 aliphatic heterocycles. The first-order valence-electron chi connectivity index (χ1n) is 9.72. The Balaban J connectivity index is 1.79. The molecule has 1 fully saturated rings. The van der Waals surface area contributed by atoms with E-state index < -0.39 is 0 Å². The summed E-state index contributed by atoms with van der Waals surface area (Å²) in [5.74, 6) is 1.23. The zero-order valence-corrected chi connectivity index (χ0v) is 18.2. The van der Waals surface area contributed by atoms with Crippen LogP contribution in [0, 0.1) is 0 Å². The highest BCUT2D eigenvalue weighted by Gasteiger charge is 2.34. The first-order valence-corrected chi connectivity index (χ1v) is 10.6. The zero-order chi connectivity index (χ0) is 21.0. The third-order valence-corrected chi connectivity index (χ3v) is 5.32. The summed E-state index contributed by atoms with van der Waals surface area (Å²) in [5.41, 5.74) is 1.22. The smallest absolute Gasteiger partial charge is 0.318 e. The van der Waals surface area contributed by atoms with Crippen molar-refractivity contribution >= 4 is 17.4 Å². The van der Waals surface area contributed by atoms with Gasteiger partial charge in [-0.05, 0) is 39.7 Å². The number of hydrogen-bond donors (Lipinski definition) is 2. The number of ether oxygens (including phenoxy) is 2. The summed E-state index contributed by atoms with van der Waals surface area (Å²) >= 11 is 1.44. The fraction of sp³-hybridized carbons (Fsp3) is 0.524. The summed E-state index contributed by atoms with van der Waals surface area (Å²) in [5, 5.41) is 14.8. The normalized spacial score (nSPS) is 13.8. The Kier molecular flexibility index (Phi) is 6.64. The number of benzene rings is 1. The van der Waals surface area contributed by atoms with Crippen molar-refractivity contribution in [3.63, 3.8) is 0 Å². The molecule has 2 N–H and O–H groups in total. The second-order valence-corrected chi connectivity index (χ2v) is 9.11. The second-order valence-electron chi connectivity index (χ2n) is 8.17. The van der Waals surface area contributed by atoms with Gasteiger partial charge in [-0.25, -0.2) is 9.78 Å². The minimum absolute atomic E-state index is 0.0683. The molecule has 0 saturated heterocycles. The quantitative estimate of drug-likeness (QED) is 0.682. The number of nitrogens with zero attached hydrogens (tertiary/aromatic N) is 2. The number of aliphatic hydroxyl groups is 1. The van der Waals surface area contributed by atoms with Gasteiger partial charge >= 0.3 is 6.03 Å². The number of urea groups is 1. The predicted molar refractivity (Wildman–Crippen MR) is 112 cm³/mol. The van der Waals surface area contributed by atoms with Gasteiger partial charge in [0.2, 0.25) is 0 Å². The highest BCUT2D eigenvalue weighted by molar-refractivity contribution is 7.09. The Morgan fingerprint density at radius 1 is 1.38 bits per heavy atom. The summed E-state index contributed by atoms with van der Waals surface area (Å²) in [6.07, 6.45) is 2.03. The topological polar surface area (TPSA) is 83.9 Å². The van der Waals surface area contributed by atoms with E-state index in [1.165, 1.54) is 11.3 Å². The molecule has 8 heteroatoms. The number of methoxy groups -OCH3 is 1. The summed E-state index contributed by atoms with van der Waals surface area (Å²) in [6, 6.07) is 5.89. The molecule has 1 aliphatic rings. The number of carbonyl (C=O) groups is 1. The maximum atomic E-state index is 12.8. The number of aromatic nitrogens is 1. The van der Waals surface area contributed by atoms with Crippen molar-refractivity contribution in [1.29, 1.82) is 0 Å². The molecule has 0 radical (unpaired) electrons. The minimum Gasteiger partial charge on any atom is -0.493 e. The van der Waals surface area contributed by atoms with Crippen LogP contribution >= 0.6 is 11.3 Å². The van der Waals surface area contributed by atoms with Crippen LogP contribution in [0.15, 0.2) is 23.6 Å². The lowest BCUT2D eigenvalue weighted by Crippen LogP contribution is -2.49. The van der Waals surface area contributed by atoms with Crippen LogP contribution in [0.25, 0.3) is 0 Å². The third-order valence-electron chi connectivity index (χ3n) is 4.45. The number of hydrogen-bond acceptors (Lipinski definition) is 6. The van der Waals surface area contributed by atoms with Gasteiger partial charge in [0.05, 0.1) is 26.0 Å². The Morgan fingerprint density at radius 3 is 2.72 bits per heavy atom. The van der Waals surface area contributed by atoms with Gasteiger partial charge in [-0.1, -0.05) is 12.1 Å². The van der Waals surface area contributed by atoms with Crippen LogP contribution in [0.5, 0.6) is 11.5 Å². The standard InChI is InChI=1S/C21H29N3O4S/c1-21(2,3)23-20(26)24(16-8-9-16)10-14-6-5-7-17(27-4)19(14)28-12-18-22-15(11-25)13-29-18/h5-7,13,16,25H,8-12H2,1-4H3,(H,23,26). The van der Waals surface area contributed by atoms with Crippen molar-refractivity contribution in [2.24, 2.45) is 0 Å². The summed E-state index contributed by atoms with van der Waals surface area (Å²) in [6.45, 7) is 6.56. The Morgan fingerprint density at radius 2 is 2.14 bits per heavy atom. The lowest BCUT2D eigenvalue weighted by atomic mass is 10.1. The number of rotatable bonds is 8. The molecule has 1 saturated carbocycles. The van der Waals surface area contributed by atoms with Gasteiger partial charge in [0.25, 0.3) is 0 Å². The van der Waals surface area contributed by atoms with Crippen LogP contribution < -0.4 is 14.8 Å². The monoisotopic (exact) mass is 419 g/mol. The van der Waals surface area contributed by atoms with Gasteiger partial charge in [-0.15, -0.1) is 11.3 Å². The van der Waals surface area contributed by atoms with E-state index in [1.54, 1.807) is 7.11 Å². The summed E-state index contributed by atoms with van der Waals surface area (Å²) in [7, 11) is 1.60. The second kappa shape index (κ2) is 9.00. The Labute approximate surface area is 175 Å². The fourth-order valence-electron chi connectivity index (χ4n) is 2.96. The van der Waals surface area contributed by atoms with E-state index in [-0.39, 0.29) is 30.8 Å². The van der Waals surface area contributed by atoms with Gasteiger partial charge in [0, 0.05) is 22.5 Å². The third kappa shape index (κ3) is 5.83. The van der Waals surface area contributed by atoms with Gasteiger partial charge in [-0.3, -0.25) is 0 Å². The highest BCUT2D eigenvalue weighted by Crippen LogP contribution is 2.36. The lowest BCUT2D eigenvalue weighted by Gasteiger charge is -2.29. The van der Waals surface area contributed by atoms with E-state index in [0.29, 0.717) is 23.7 Å². The molecule has 2 aromatic rings. The molecular formula is C21H29N3O4S. The Bertz CT molecular complexity index is 843. The molecule has 0 atom stereocenters. The SMILES string of the molecule is COc1cccc(CN(C(=O)NC(C)(C)C)C2CC2)c1OCc1nc(CO)cs1. The molecule has 3 rings (SSSR count). The van der Waals surface area contributed by atoms with E-state index >= 15 is 0 Å². The first-order chi connectivity index (χ1) is 13.8. The number of carbonyl (C=O) groups excluding carboxylic acids is 1. The molecule has 1 aromatic heterocycles. The van der Waals surface area contributed by atoms with Crippen LogP contribution in [-0.2, 0) is 19.8 Å². The van der Waals surface area contributed by atoms with E-state index in [4.69, 9.17) is 9.47 Å². The molecule has 1 aliphatic carbocycles. The largest absolute Gasteiger partial charge is 0.493 e. The molecule has 2 amide bonds. The predicted octanol–water partition coefficient (Wildman–Crippen LogP) is 3.70. The van der Waals surface area contributed by atoms with Gasteiger partial charge in [-0.2, -0.15) is 0 Å². The van der Waals surface area contributed by atoms with Crippen LogP contribution in [0.4, 0.5) is 4.79 Å². The Hall–Kier alpha value is -2.32. The van der Waals surface area contributed by atoms with Crippen molar-refractivity contribution in [2.45, 2.75) is 65.0 Å². The summed E-state index contributed by atoms with van der Waals surface area (Å²) < 4.78 is 11.6. The summed E-state index contributed by atoms with van der Waals surface area (Å²) in [4.78, 5) is 19.0. The first kappa shape index (κ1) is 21.4.